The summed E-state index contributed by atoms with van der Waals surface area (Å²) in [5, 5.41) is 2.74. The molecule has 202 valence electrons. The van der Waals surface area contributed by atoms with Crippen LogP contribution in [0, 0.1) is 20.8 Å². The first-order chi connectivity index (χ1) is 19.3. The molecular weight excluding hydrogens is 500 g/mol. The highest BCUT2D eigenvalue weighted by Crippen LogP contribution is 2.29. The van der Waals surface area contributed by atoms with Gasteiger partial charge in [-0.3, -0.25) is 9.59 Å². The molecule has 0 radical (unpaired) electrons. The van der Waals surface area contributed by atoms with Crippen LogP contribution in [0.25, 0.3) is 16.6 Å². The van der Waals surface area contributed by atoms with E-state index in [1.54, 1.807) is 28.7 Å². The Bertz CT molecular complexity index is 1650. The molecule has 3 heterocycles. The molecule has 0 saturated heterocycles. The molecule has 0 aliphatic heterocycles. The van der Waals surface area contributed by atoms with Crippen LogP contribution < -0.4 is 15.0 Å². The molecule has 0 unspecified atom stereocenters. The number of pyridine rings is 2. The van der Waals surface area contributed by atoms with Crippen molar-refractivity contribution in [2.75, 3.05) is 30.4 Å². The number of ether oxygens (including phenoxy) is 1. The van der Waals surface area contributed by atoms with Crippen molar-refractivity contribution in [2.24, 2.45) is 0 Å². The quantitative estimate of drug-likeness (QED) is 0.179. The molecule has 7 heteroatoms. The maximum absolute atomic E-state index is 13.5. The SMILES string of the molecule is Cc1cc(C)nc(N(C)CCOc2ccc(NC(=O)C(=O)c3c(-c4ccccc4)cc4cc(C)ccn34)cc2)c1. The number of hydrogen-bond donors (Lipinski definition) is 1. The Labute approximate surface area is 234 Å². The molecule has 5 aromatic rings. The second-order valence-corrected chi connectivity index (χ2v) is 9.99. The van der Waals surface area contributed by atoms with Crippen LogP contribution in [0.15, 0.2) is 91.1 Å². The van der Waals surface area contributed by atoms with E-state index < -0.39 is 11.7 Å². The number of amides is 1. The van der Waals surface area contributed by atoms with Crippen molar-refractivity contribution in [3.8, 4) is 16.9 Å². The summed E-state index contributed by atoms with van der Waals surface area (Å²) in [7, 11) is 1.98. The molecule has 0 bridgehead atoms. The zero-order valence-corrected chi connectivity index (χ0v) is 23.1. The van der Waals surface area contributed by atoms with Crippen molar-refractivity contribution in [3.63, 3.8) is 0 Å². The largest absolute Gasteiger partial charge is 0.492 e. The fourth-order valence-electron chi connectivity index (χ4n) is 4.72. The minimum atomic E-state index is -0.700. The van der Waals surface area contributed by atoms with Gasteiger partial charge >= 0.3 is 0 Å². The number of carbonyl (C=O) groups excluding carboxylic acids is 2. The average molecular weight is 533 g/mol. The molecule has 2 aromatic carbocycles. The van der Waals surface area contributed by atoms with Crippen LogP contribution >= 0.6 is 0 Å². The smallest absolute Gasteiger partial charge is 0.298 e. The van der Waals surface area contributed by atoms with Crippen LogP contribution in [-0.4, -0.2) is 41.3 Å². The average Bonchev–Trinajstić information content (AvgIpc) is 3.32. The van der Waals surface area contributed by atoms with Gasteiger partial charge in [0.25, 0.3) is 11.7 Å². The number of aryl methyl sites for hydroxylation is 3. The van der Waals surface area contributed by atoms with Gasteiger partial charge in [0, 0.05) is 35.7 Å². The molecule has 5 rings (SSSR count). The number of hydrogen-bond acceptors (Lipinski definition) is 5. The summed E-state index contributed by atoms with van der Waals surface area (Å²) in [5.74, 6) is 0.274. The molecule has 1 N–H and O–H groups in total. The summed E-state index contributed by atoms with van der Waals surface area (Å²) < 4.78 is 7.67. The topological polar surface area (TPSA) is 75.9 Å². The Balaban J connectivity index is 1.25. The molecule has 0 atom stereocenters. The van der Waals surface area contributed by atoms with E-state index >= 15 is 0 Å². The van der Waals surface area contributed by atoms with Crippen LogP contribution in [0.1, 0.15) is 27.3 Å². The van der Waals surface area contributed by atoms with Crippen LogP contribution in [0.3, 0.4) is 0 Å². The number of likely N-dealkylation sites (N-methyl/N-ethyl adjacent to an activating group) is 1. The van der Waals surface area contributed by atoms with E-state index in [1.165, 1.54) is 5.56 Å². The first-order valence-corrected chi connectivity index (χ1v) is 13.2. The number of nitrogens with zero attached hydrogens (tertiary/aromatic N) is 3. The third kappa shape index (κ3) is 5.89. The molecule has 3 aromatic heterocycles. The molecule has 0 fully saturated rings. The summed E-state index contributed by atoms with van der Waals surface area (Å²) in [6, 6.07) is 26.6. The predicted octanol–water partition coefficient (Wildman–Crippen LogP) is 6.26. The molecule has 0 saturated carbocycles. The van der Waals surface area contributed by atoms with Crippen molar-refractivity contribution in [3.05, 3.63) is 114 Å². The van der Waals surface area contributed by atoms with E-state index in [4.69, 9.17) is 4.74 Å². The van der Waals surface area contributed by atoms with Gasteiger partial charge in [-0.05, 0) is 92.1 Å². The normalized spacial score (nSPS) is 10.9. The number of anilines is 2. The van der Waals surface area contributed by atoms with E-state index in [0.717, 1.165) is 33.7 Å². The number of fused-ring (bicyclic) bond motifs is 1. The molecule has 0 aliphatic carbocycles. The van der Waals surface area contributed by atoms with Crippen molar-refractivity contribution >= 4 is 28.7 Å². The lowest BCUT2D eigenvalue weighted by atomic mass is 10.0. The Kier molecular flexibility index (Phi) is 7.64. The van der Waals surface area contributed by atoms with Crippen molar-refractivity contribution < 1.29 is 14.3 Å². The predicted molar refractivity (Wildman–Crippen MR) is 159 cm³/mol. The fourth-order valence-corrected chi connectivity index (χ4v) is 4.72. The number of aromatic nitrogens is 2. The summed E-state index contributed by atoms with van der Waals surface area (Å²) in [5.41, 5.74) is 6.52. The molecule has 0 aliphatic rings. The third-order valence-electron chi connectivity index (χ3n) is 6.72. The van der Waals surface area contributed by atoms with Gasteiger partial charge in [0.15, 0.2) is 0 Å². The van der Waals surface area contributed by atoms with Gasteiger partial charge in [-0.15, -0.1) is 0 Å². The maximum atomic E-state index is 13.5. The summed E-state index contributed by atoms with van der Waals surface area (Å²) in [4.78, 5) is 33.2. The van der Waals surface area contributed by atoms with E-state index in [2.05, 4.69) is 22.1 Å². The Morgan fingerprint density at radius 1 is 0.900 bits per heavy atom. The standard InChI is InChI=1S/C33H32N4O3/c1-22-14-15-37-27(19-22)21-29(25-8-6-5-7-9-25)31(37)32(38)33(39)35-26-10-12-28(13-11-26)40-17-16-36(4)30-20-23(2)18-24(3)34-30/h5-15,18-21H,16-17H2,1-4H3,(H,35,39). The lowest BCUT2D eigenvalue weighted by molar-refractivity contribution is -0.112. The molecule has 7 nitrogen and oxygen atoms in total. The zero-order chi connectivity index (χ0) is 28.2. The number of Topliss-reactive ketones (excluding diaryl/α,β-unsaturated/α-hetero) is 1. The van der Waals surface area contributed by atoms with Crippen LogP contribution in [0.2, 0.25) is 0 Å². The first kappa shape index (κ1) is 26.7. The first-order valence-electron chi connectivity index (χ1n) is 13.2. The van der Waals surface area contributed by atoms with Gasteiger partial charge in [-0.2, -0.15) is 0 Å². The maximum Gasteiger partial charge on any atom is 0.298 e. The van der Waals surface area contributed by atoms with E-state index in [-0.39, 0.29) is 0 Å². The summed E-state index contributed by atoms with van der Waals surface area (Å²) >= 11 is 0. The van der Waals surface area contributed by atoms with E-state index in [1.807, 2.05) is 87.8 Å². The Hall–Kier alpha value is -4.91. The summed E-state index contributed by atoms with van der Waals surface area (Å²) in [6.45, 7) is 7.17. The van der Waals surface area contributed by atoms with Crippen LogP contribution in [0.5, 0.6) is 5.75 Å². The minimum Gasteiger partial charge on any atom is -0.492 e. The van der Waals surface area contributed by atoms with Gasteiger partial charge < -0.3 is 19.4 Å². The lowest BCUT2D eigenvalue weighted by Crippen LogP contribution is -2.25. The van der Waals surface area contributed by atoms with Crippen LogP contribution in [0.4, 0.5) is 11.5 Å². The number of nitrogens with one attached hydrogen (secondary N) is 1. The van der Waals surface area contributed by atoms with Crippen LogP contribution in [-0.2, 0) is 4.79 Å². The van der Waals surface area contributed by atoms with Crippen molar-refractivity contribution in [1.82, 2.24) is 9.38 Å². The number of carbonyl (C=O) groups is 2. The van der Waals surface area contributed by atoms with E-state index in [0.29, 0.717) is 30.3 Å². The monoisotopic (exact) mass is 532 g/mol. The van der Waals surface area contributed by atoms with Gasteiger partial charge in [0.05, 0.1) is 6.54 Å². The highest BCUT2D eigenvalue weighted by atomic mass is 16.5. The second-order valence-electron chi connectivity index (χ2n) is 9.99. The minimum absolute atomic E-state index is 0.334. The van der Waals surface area contributed by atoms with Crippen molar-refractivity contribution in [1.29, 1.82) is 0 Å². The fraction of sp³-hybridized carbons (Fsp3) is 0.182. The van der Waals surface area contributed by atoms with Crippen molar-refractivity contribution in [2.45, 2.75) is 20.8 Å². The molecular formula is C33H32N4O3. The third-order valence-corrected chi connectivity index (χ3v) is 6.72. The van der Waals surface area contributed by atoms with Gasteiger partial charge in [0.1, 0.15) is 23.9 Å². The van der Waals surface area contributed by atoms with Gasteiger partial charge in [-0.1, -0.05) is 30.3 Å². The summed E-state index contributed by atoms with van der Waals surface area (Å²) in [6.07, 6.45) is 1.83. The van der Waals surface area contributed by atoms with E-state index in [9.17, 15) is 9.59 Å². The molecule has 40 heavy (non-hydrogen) atoms. The molecule has 0 spiro atoms. The second kappa shape index (κ2) is 11.5. The number of ketones is 1. The highest BCUT2D eigenvalue weighted by molar-refractivity contribution is 6.47. The highest BCUT2D eigenvalue weighted by Gasteiger charge is 2.25. The zero-order valence-electron chi connectivity index (χ0n) is 23.1. The Morgan fingerprint density at radius 3 is 2.38 bits per heavy atom. The number of benzene rings is 2. The number of rotatable bonds is 9. The van der Waals surface area contributed by atoms with Gasteiger partial charge in [0.2, 0.25) is 0 Å². The molecule has 1 amide bonds. The Morgan fingerprint density at radius 2 is 1.65 bits per heavy atom. The lowest BCUT2D eigenvalue weighted by Gasteiger charge is -2.19. The van der Waals surface area contributed by atoms with Gasteiger partial charge in [-0.25, -0.2) is 4.98 Å².